The lowest BCUT2D eigenvalue weighted by Gasteiger charge is -2.26. The van der Waals surface area contributed by atoms with E-state index in [0.29, 0.717) is 12.1 Å². The van der Waals surface area contributed by atoms with Gasteiger partial charge >= 0.3 is 0 Å². The van der Waals surface area contributed by atoms with Crippen LogP contribution < -0.4 is 5.32 Å². The van der Waals surface area contributed by atoms with Gasteiger partial charge < -0.3 is 10.2 Å². The van der Waals surface area contributed by atoms with Crippen LogP contribution in [0.5, 0.6) is 0 Å². The largest absolute Gasteiger partial charge is 0.310 e. The monoisotopic (exact) mass is 326 g/mol. The second kappa shape index (κ2) is 8.72. The summed E-state index contributed by atoms with van der Waals surface area (Å²) >= 11 is 3.47. The summed E-state index contributed by atoms with van der Waals surface area (Å²) in [6.07, 6.45) is 1.08. The topological polar surface area (TPSA) is 15.3 Å². The lowest BCUT2D eigenvalue weighted by Crippen LogP contribution is -2.43. The minimum absolute atomic E-state index is 0.506. The molecule has 0 fully saturated rings. The summed E-state index contributed by atoms with van der Waals surface area (Å²) in [6.45, 7) is 12.4. The van der Waals surface area contributed by atoms with E-state index in [9.17, 15) is 0 Å². The lowest BCUT2D eigenvalue weighted by atomic mass is 10.1. The second-order valence-corrected chi connectivity index (χ2v) is 6.20. The Kier molecular flexibility index (Phi) is 7.66. The predicted molar refractivity (Wildman–Crippen MR) is 87.7 cm³/mol. The summed E-state index contributed by atoms with van der Waals surface area (Å²) in [4.78, 5) is 2.46. The van der Waals surface area contributed by atoms with Crippen molar-refractivity contribution in [1.82, 2.24) is 10.2 Å². The fourth-order valence-corrected chi connectivity index (χ4v) is 2.70. The van der Waals surface area contributed by atoms with Gasteiger partial charge in [-0.3, -0.25) is 0 Å². The zero-order valence-corrected chi connectivity index (χ0v) is 14.2. The second-order valence-electron chi connectivity index (χ2n) is 5.29. The van der Waals surface area contributed by atoms with Crippen molar-refractivity contribution in [3.8, 4) is 0 Å². The van der Waals surface area contributed by atoms with E-state index in [1.165, 1.54) is 5.56 Å². The number of rotatable bonds is 8. The Labute approximate surface area is 126 Å². The summed E-state index contributed by atoms with van der Waals surface area (Å²) in [6, 6.07) is 9.65. The van der Waals surface area contributed by atoms with Crippen molar-refractivity contribution >= 4 is 15.9 Å². The first kappa shape index (κ1) is 16.7. The average molecular weight is 327 g/mol. The molecule has 0 bridgehead atoms. The molecule has 0 aliphatic carbocycles. The highest BCUT2D eigenvalue weighted by atomic mass is 79.9. The third-order valence-corrected chi connectivity index (χ3v) is 3.98. The van der Waals surface area contributed by atoms with Crippen molar-refractivity contribution in [2.75, 3.05) is 19.6 Å². The van der Waals surface area contributed by atoms with Crippen LogP contribution >= 0.6 is 15.9 Å². The summed E-state index contributed by atoms with van der Waals surface area (Å²) in [7, 11) is 0. The number of halogens is 1. The van der Waals surface area contributed by atoms with E-state index >= 15 is 0 Å². The van der Waals surface area contributed by atoms with Crippen LogP contribution in [0.2, 0.25) is 0 Å². The van der Waals surface area contributed by atoms with E-state index in [2.05, 4.69) is 78.1 Å². The maximum absolute atomic E-state index is 3.69. The van der Waals surface area contributed by atoms with Crippen molar-refractivity contribution in [3.05, 3.63) is 34.3 Å². The molecule has 108 valence electrons. The minimum atomic E-state index is 0.506. The number of benzene rings is 1. The Hall–Kier alpha value is -0.380. The van der Waals surface area contributed by atoms with Crippen LogP contribution in [-0.2, 0) is 6.42 Å². The summed E-state index contributed by atoms with van der Waals surface area (Å²) in [5.41, 5.74) is 1.39. The van der Waals surface area contributed by atoms with E-state index in [0.717, 1.165) is 30.5 Å². The van der Waals surface area contributed by atoms with Crippen LogP contribution in [-0.4, -0.2) is 36.6 Å². The molecular weight excluding hydrogens is 300 g/mol. The Balaban J connectivity index is 2.37. The first-order valence-electron chi connectivity index (χ1n) is 7.28. The number of nitrogens with one attached hydrogen (secondary N) is 1. The van der Waals surface area contributed by atoms with Gasteiger partial charge in [-0.25, -0.2) is 0 Å². The van der Waals surface area contributed by atoms with Gasteiger partial charge in [0, 0.05) is 23.1 Å². The van der Waals surface area contributed by atoms with E-state index < -0.39 is 0 Å². The van der Waals surface area contributed by atoms with Crippen LogP contribution in [0.3, 0.4) is 0 Å². The molecule has 0 saturated heterocycles. The highest BCUT2D eigenvalue weighted by Crippen LogP contribution is 2.12. The molecule has 0 aliphatic rings. The quantitative estimate of drug-likeness (QED) is 0.783. The summed E-state index contributed by atoms with van der Waals surface area (Å²) in [5, 5.41) is 3.69. The Bertz CT molecular complexity index is 346. The molecule has 2 unspecified atom stereocenters. The molecule has 1 rings (SSSR count). The van der Waals surface area contributed by atoms with Crippen molar-refractivity contribution in [1.29, 1.82) is 0 Å². The molecule has 0 spiro atoms. The van der Waals surface area contributed by atoms with Gasteiger partial charge in [0.15, 0.2) is 0 Å². The number of nitrogens with zero attached hydrogens (tertiary/aromatic N) is 1. The number of likely N-dealkylation sites (N-methyl/N-ethyl adjacent to an activating group) is 1. The van der Waals surface area contributed by atoms with Gasteiger partial charge in [0.25, 0.3) is 0 Å². The molecular formula is C16H27BrN2. The fourth-order valence-electron chi connectivity index (χ4n) is 2.44. The Morgan fingerprint density at radius 1 is 1.05 bits per heavy atom. The van der Waals surface area contributed by atoms with Crippen LogP contribution in [0.4, 0.5) is 0 Å². The average Bonchev–Trinajstić information content (AvgIpc) is 2.38. The highest BCUT2D eigenvalue weighted by molar-refractivity contribution is 9.10. The van der Waals surface area contributed by atoms with Crippen molar-refractivity contribution < 1.29 is 0 Å². The van der Waals surface area contributed by atoms with Gasteiger partial charge in [-0.15, -0.1) is 0 Å². The fraction of sp³-hybridized carbons (Fsp3) is 0.625. The molecule has 1 aromatic rings. The first-order valence-corrected chi connectivity index (χ1v) is 8.07. The summed E-state index contributed by atoms with van der Waals surface area (Å²) < 4.78 is 1.15. The summed E-state index contributed by atoms with van der Waals surface area (Å²) in [5.74, 6) is 0. The maximum Gasteiger partial charge on any atom is 0.0175 e. The van der Waals surface area contributed by atoms with E-state index in [4.69, 9.17) is 0 Å². The third kappa shape index (κ3) is 6.55. The highest BCUT2D eigenvalue weighted by Gasteiger charge is 2.10. The normalized spacial score (nSPS) is 14.6. The molecule has 0 aromatic heterocycles. The zero-order chi connectivity index (χ0) is 14.3. The standard InChI is InChI=1S/C16H27BrN2/c1-5-19(6-2)12-14(4)18-13(3)11-15-7-9-16(17)10-8-15/h7-10,13-14,18H,5-6,11-12H2,1-4H3. The third-order valence-electron chi connectivity index (χ3n) is 3.45. The van der Waals surface area contributed by atoms with E-state index in [1.54, 1.807) is 0 Å². The maximum atomic E-state index is 3.69. The molecule has 19 heavy (non-hydrogen) atoms. The molecule has 0 heterocycles. The smallest absolute Gasteiger partial charge is 0.0175 e. The van der Waals surface area contributed by atoms with Gasteiger partial charge in [0.1, 0.15) is 0 Å². The Morgan fingerprint density at radius 3 is 2.16 bits per heavy atom. The molecule has 2 atom stereocenters. The SMILES string of the molecule is CCN(CC)CC(C)NC(C)Cc1ccc(Br)cc1. The van der Waals surface area contributed by atoms with Gasteiger partial charge in [0.2, 0.25) is 0 Å². The predicted octanol–water partition coefficient (Wildman–Crippen LogP) is 3.70. The first-order chi connectivity index (χ1) is 9.05. The van der Waals surface area contributed by atoms with Crippen LogP contribution in [0.1, 0.15) is 33.3 Å². The Morgan fingerprint density at radius 2 is 1.63 bits per heavy atom. The van der Waals surface area contributed by atoms with Crippen molar-refractivity contribution in [2.45, 2.75) is 46.2 Å². The van der Waals surface area contributed by atoms with E-state index in [1.807, 2.05) is 0 Å². The lowest BCUT2D eigenvalue weighted by molar-refractivity contribution is 0.263. The molecule has 0 saturated carbocycles. The zero-order valence-electron chi connectivity index (χ0n) is 12.6. The van der Waals surface area contributed by atoms with Crippen molar-refractivity contribution in [3.63, 3.8) is 0 Å². The van der Waals surface area contributed by atoms with Crippen LogP contribution in [0, 0.1) is 0 Å². The number of hydrogen-bond acceptors (Lipinski definition) is 2. The molecule has 2 nitrogen and oxygen atoms in total. The van der Waals surface area contributed by atoms with Gasteiger partial charge in [-0.1, -0.05) is 41.9 Å². The molecule has 0 radical (unpaired) electrons. The molecule has 1 aromatic carbocycles. The van der Waals surface area contributed by atoms with Crippen LogP contribution in [0.15, 0.2) is 28.7 Å². The minimum Gasteiger partial charge on any atom is -0.310 e. The van der Waals surface area contributed by atoms with Crippen molar-refractivity contribution in [2.24, 2.45) is 0 Å². The molecule has 0 amide bonds. The van der Waals surface area contributed by atoms with Gasteiger partial charge in [0.05, 0.1) is 0 Å². The van der Waals surface area contributed by atoms with Crippen LogP contribution in [0.25, 0.3) is 0 Å². The number of hydrogen-bond donors (Lipinski definition) is 1. The molecule has 1 N–H and O–H groups in total. The molecule has 3 heteroatoms. The van der Waals surface area contributed by atoms with Gasteiger partial charge in [-0.05, 0) is 51.1 Å². The van der Waals surface area contributed by atoms with E-state index in [-0.39, 0.29) is 0 Å². The molecule has 0 aliphatic heterocycles. The van der Waals surface area contributed by atoms with Gasteiger partial charge in [-0.2, -0.15) is 0 Å².